The fourth-order valence-corrected chi connectivity index (χ4v) is 1.11. The van der Waals surface area contributed by atoms with E-state index in [2.05, 4.69) is 0 Å². The van der Waals surface area contributed by atoms with Crippen molar-refractivity contribution < 1.29 is 14.9 Å². The van der Waals surface area contributed by atoms with Crippen LogP contribution in [0.15, 0.2) is 18.2 Å². The Morgan fingerprint density at radius 1 is 1.31 bits per heavy atom. The number of phenolic OH excluding ortho intramolecular Hbond substituents is 2. The van der Waals surface area contributed by atoms with E-state index in [9.17, 15) is 0 Å². The number of ether oxygens (including phenoxy) is 1. The highest BCUT2D eigenvalue weighted by Crippen LogP contribution is 2.23. The summed E-state index contributed by atoms with van der Waals surface area (Å²) in [5.41, 5.74) is 6.35. The quantitative estimate of drug-likeness (QED) is 0.646. The van der Waals surface area contributed by atoms with E-state index in [1.807, 2.05) is 0 Å². The minimum Gasteiger partial charge on any atom is -0.508 e. The van der Waals surface area contributed by atoms with Crippen LogP contribution in [0.1, 0.15) is 11.6 Å². The van der Waals surface area contributed by atoms with Gasteiger partial charge in [0, 0.05) is 13.2 Å². The number of methoxy groups -OCH3 is 1. The molecule has 1 atom stereocenters. The lowest BCUT2D eigenvalue weighted by Gasteiger charge is -2.11. The number of hydrogen-bond donors (Lipinski definition) is 3. The second-order valence-electron chi connectivity index (χ2n) is 2.84. The maximum Gasteiger partial charge on any atom is 0.119 e. The summed E-state index contributed by atoms with van der Waals surface area (Å²) in [5, 5.41) is 18.3. The van der Waals surface area contributed by atoms with E-state index in [1.165, 1.54) is 18.2 Å². The number of rotatable bonds is 3. The van der Waals surface area contributed by atoms with Crippen molar-refractivity contribution in [3.05, 3.63) is 23.8 Å². The highest BCUT2D eigenvalue weighted by Gasteiger charge is 2.07. The van der Waals surface area contributed by atoms with Crippen molar-refractivity contribution in [1.29, 1.82) is 0 Å². The molecule has 0 amide bonds. The van der Waals surface area contributed by atoms with Crippen molar-refractivity contribution in [3.63, 3.8) is 0 Å². The van der Waals surface area contributed by atoms with E-state index in [1.54, 1.807) is 7.11 Å². The molecule has 1 rings (SSSR count). The van der Waals surface area contributed by atoms with Gasteiger partial charge in [0.25, 0.3) is 0 Å². The monoisotopic (exact) mass is 183 g/mol. The van der Waals surface area contributed by atoms with E-state index in [-0.39, 0.29) is 17.5 Å². The first-order valence-electron chi connectivity index (χ1n) is 3.91. The molecule has 13 heavy (non-hydrogen) atoms. The van der Waals surface area contributed by atoms with E-state index in [0.29, 0.717) is 12.2 Å². The standard InChI is InChI=1S/C9H13NO3/c1-13-5-9(10)6-2-7(11)4-8(12)3-6/h2-4,9,11-12H,5,10H2,1H3/t9-/m1/s1. The Hall–Kier alpha value is -1.26. The number of nitrogens with two attached hydrogens (primary N) is 1. The molecule has 0 unspecified atom stereocenters. The largest absolute Gasteiger partial charge is 0.508 e. The Bertz CT molecular complexity index is 268. The van der Waals surface area contributed by atoms with Crippen molar-refractivity contribution in [2.45, 2.75) is 6.04 Å². The predicted molar refractivity (Wildman–Crippen MR) is 48.6 cm³/mol. The van der Waals surface area contributed by atoms with Crippen LogP contribution in [-0.2, 0) is 4.74 Å². The fraction of sp³-hybridized carbons (Fsp3) is 0.333. The van der Waals surface area contributed by atoms with E-state index in [4.69, 9.17) is 20.7 Å². The highest BCUT2D eigenvalue weighted by atomic mass is 16.5. The van der Waals surface area contributed by atoms with Crippen molar-refractivity contribution in [2.24, 2.45) is 5.73 Å². The highest BCUT2D eigenvalue weighted by molar-refractivity contribution is 5.38. The zero-order chi connectivity index (χ0) is 9.84. The molecule has 0 aliphatic rings. The third kappa shape index (κ3) is 2.61. The first-order chi connectivity index (χ1) is 6.13. The number of hydrogen-bond acceptors (Lipinski definition) is 4. The van der Waals surface area contributed by atoms with Gasteiger partial charge in [-0.25, -0.2) is 0 Å². The van der Waals surface area contributed by atoms with Crippen LogP contribution in [-0.4, -0.2) is 23.9 Å². The molecule has 0 saturated heterocycles. The summed E-state index contributed by atoms with van der Waals surface area (Å²) in [4.78, 5) is 0. The summed E-state index contributed by atoms with van der Waals surface area (Å²) in [6, 6.07) is 3.93. The van der Waals surface area contributed by atoms with Gasteiger partial charge in [0.15, 0.2) is 0 Å². The Labute approximate surface area is 76.6 Å². The van der Waals surface area contributed by atoms with Crippen molar-refractivity contribution >= 4 is 0 Å². The number of phenols is 2. The molecule has 4 N–H and O–H groups in total. The average Bonchev–Trinajstić information content (AvgIpc) is 2.03. The summed E-state index contributed by atoms with van der Waals surface area (Å²) in [6.45, 7) is 0.350. The minimum absolute atomic E-state index is 0.00144. The smallest absolute Gasteiger partial charge is 0.119 e. The number of aromatic hydroxyl groups is 2. The maximum absolute atomic E-state index is 9.15. The summed E-state index contributed by atoms with van der Waals surface area (Å²) < 4.78 is 4.85. The molecule has 1 aromatic carbocycles. The molecule has 0 radical (unpaired) electrons. The summed E-state index contributed by atoms with van der Waals surface area (Å²) in [7, 11) is 1.54. The molecule has 0 aromatic heterocycles. The second kappa shape index (κ2) is 4.11. The molecule has 0 bridgehead atoms. The molecule has 0 heterocycles. The normalized spacial score (nSPS) is 12.8. The number of benzene rings is 1. The summed E-state index contributed by atoms with van der Waals surface area (Å²) in [5.74, 6) is 0.00288. The van der Waals surface area contributed by atoms with Crippen LogP contribution < -0.4 is 5.73 Å². The van der Waals surface area contributed by atoms with Crippen LogP contribution in [0.5, 0.6) is 11.5 Å². The molecule has 1 aromatic rings. The molecular formula is C9H13NO3. The van der Waals surface area contributed by atoms with E-state index >= 15 is 0 Å². The van der Waals surface area contributed by atoms with Gasteiger partial charge in [0.1, 0.15) is 11.5 Å². The van der Waals surface area contributed by atoms with Gasteiger partial charge in [0.2, 0.25) is 0 Å². The molecule has 72 valence electrons. The first kappa shape index (κ1) is 9.83. The van der Waals surface area contributed by atoms with Gasteiger partial charge in [-0.15, -0.1) is 0 Å². The van der Waals surface area contributed by atoms with Crippen LogP contribution in [0.3, 0.4) is 0 Å². The van der Waals surface area contributed by atoms with Crippen LogP contribution in [0.4, 0.5) is 0 Å². The molecule has 0 aliphatic carbocycles. The lowest BCUT2D eigenvalue weighted by molar-refractivity contribution is 0.180. The molecule has 0 saturated carbocycles. The SMILES string of the molecule is COC[C@@H](N)c1cc(O)cc(O)c1. The summed E-state index contributed by atoms with van der Waals surface area (Å²) in [6.07, 6.45) is 0. The third-order valence-electron chi connectivity index (χ3n) is 1.70. The Morgan fingerprint density at radius 3 is 2.31 bits per heavy atom. The fourth-order valence-electron chi connectivity index (χ4n) is 1.11. The van der Waals surface area contributed by atoms with Crippen molar-refractivity contribution in [3.8, 4) is 11.5 Å². The molecule has 0 fully saturated rings. The Balaban J connectivity index is 2.87. The average molecular weight is 183 g/mol. The molecule has 4 heteroatoms. The minimum atomic E-state index is -0.331. The zero-order valence-corrected chi connectivity index (χ0v) is 7.40. The van der Waals surface area contributed by atoms with Gasteiger partial charge >= 0.3 is 0 Å². The van der Waals surface area contributed by atoms with Gasteiger partial charge in [-0.1, -0.05) is 0 Å². The molecular weight excluding hydrogens is 170 g/mol. The van der Waals surface area contributed by atoms with Gasteiger partial charge in [-0.05, 0) is 17.7 Å². The molecule has 0 spiro atoms. The van der Waals surface area contributed by atoms with Crippen LogP contribution in [0.2, 0.25) is 0 Å². The topological polar surface area (TPSA) is 75.7 Å². The second-order valence-corrected chi connectivity index (χ2v) is 2.84. The van der Waals surface area contributed by atoms with Gasteiger partial charge in [-0.3, -0.25) is 0 Å². The van der Waals surface area contributed by atoms with Crippen LogP contribution >= 0.6 is 0 Å². The maximum atomic E-state index is 9.15. The Morgan fingerprint density at radius 2 is 1.85 bits per heavy atom. The van der Waals surface area contributed by atoms with E-state index < -0.39 is 0 Å². The zero-order valence-electron chi connectivity index (χ0n) is 7.40. The van der Waals surface area contributed by atoms with Gasteiger partial charge in [0.05, 0.1) is 12.6 Å². The lowest BCUT2D eigenvalue weighted by atomic mass is 10.1. The lowest BCUT2D eigenvalue weighted by Crippen LogP contribution is -2.15. The van der Waals surface area contributed by atoms with Crippen molar-refractivity contribution in [1.82, 2.24) is 0 Å². The van der Waals surface area contributed by atoms with Gasteiger partial charge in [-0.2, -0.15) is 0 Å². The predicted octanol–water partition coefficient (Wildman–Crippen LogP) is 0.744. The molecule has 4 nitrogen and oxygen atoms in total. The van der Waals surface area contributed by atoms with Crippen molar-refractivity contribution in [2.75, 3.05) is 13.7 Å². The molecule has 0 aliphatic heterocycles. The van der Waals surface area contributed by atoms with Crippen LogP contribution in [0, 0.1) is 0 Å². The third-order valence-corrected chi connectivity index (χ3v) is 1.70. The van der Waals surface area contributed by atoms with Gasteiger partial charge < -0.3 is 20.7 Å². The Kier molecular flexibility index (Phi) is 3.11. The first-order valence-corrected chi connectivity index (χ1v) is 3.91. The van der Waals surface area contributed by atoms with Crippen LogP contribution in [0.25, 0.3) is 0 Å². The summed E-state index contributed by atoms with van der Waals surface area (Å²) >= 11 is 0. The van der Waals surface area contributed by atoms with E-state index in [0.717, 1.165) is 0 Å².